The van der Waals surface area contributed by atoms with Gasteiger partial charge in [0.2, 0.25) is 0 Å². The number of rotatable bonds is 3. The molecule has 1 unspecified atom stereocenters. The van der Waals surface area contributed by atoms with E-state index in [-0.39, 0.29) is 18.0 Å². The third-order valence-electron chi connectivity index (χ3n) is 5.45. The van der Waals surface area contributed by atoms with E-state index in [0.717, 1.165) is 28.3 Å². The number of carbonyl (C=O) groups is 2. The van der Waals surface area contributed by atoms with Crippen molar-refractivity contribution in [3.05, 3.63) is 90.0 Å². The smallest absolute Gasteiger partial charge is 0.308 e. The van der Waals surface area contributed by atoms with Gasteiger partial charge in [-0.05, 0) is 42.0 Å². The van der Waals surface area contributed by atoms with Crippen LogP contribution in [-0.4, -0.2) is 35.9 Å². The molecule has 31 heavy (non-hydrogen) atoms. The van der Waals surface area contributed by atoms with Crippen LogP contribution in [0, 0.1) is 0 Å². The van der Waals surface area contributed by atoms with E-state index in [2.05, 4.69) is 16.0 Å². The monoisotopic (exact) mass is 411 g/mol. The molecule has 4 amide bonds. The molecule has 0 saturated heterocycles. The fourth-order valence-corrected chi connectivity index (χ4v) is 3.89. The molecular weight excluding hydrogens is 390 g/mol. The van der Waals surface area contributed by atoms with Crippen molar-refractivity contribution in [2.45, 2.75) is 5.92 Å². The van der Waals surface area contributed by atoms with Gasteiger partial charge in [-0.15, -0.1) is 0 Å². The number of amides is 4. The summed E-state index contributed by atoms with van der Waals surface area (Å²) in [4.78, 5) is 31.2. The topological polar surface area (TPSA) is 85.8 Å². The van der Waals surface area contributed by atoms with Crippen molar-refractivity contribution in [1.82, 2.24) is 4.90 Å². The second-order valence-corrected chi connectivity index (χ2v) is 7.51. The molecule has 2 heterocycles. The van der Waals surface area contributed by atoms with Crippen LogP contribution in [0.3, 0.4) is 0 Å². The first kappa shape index (κ1) is 18.9. The van der Waals surface area contributed by atoms with Gasteiger partial charge in [0.05, 0.1) is 5.69 Å². The first-order valence-electron chi connectivity index (χ1n) is 10.1. The van der Waals surface area contributed by atoms with Crippen molar-refractivity contribution >= 4 is 35.0 Å². The van der Waals surface area contributed by atoms with Gasteiger partial charge in [0, 0.05) is 35.9 Å². The van der Waals surface area contributed by atoms with E-state index in [1.807, 2.05) is 78.9 Å². The lowest BCUT2D eigenvalue weighted by molar-refractivity contribution is 0.229. The summed E-state index contributed by atoms with van der Waals surface area (Å²) in [5.41, 5.74) is 4.24. The summed E-state index contributed by atoms with van der Waals surface area (Å²) in [6, 6.07) is 24.2. The maximum atomic E-state index is 12.6. The lowest BCUT2D eigenvalue weighted by Gasteiger charge is -2.36. The Kier molecular flexibility index (Phi) is 4.84. The molecule has 3 aromatic carbocycles. The highest BCUT2D eigenvalue weighted by molar-refractivity contribution is 6.18. The Balaban J connectivity index is 1.27. The predicted molar refractivity (Wildman–Crippen MR) is 122 cm³/mol. The number of fused-ring (bicyclic) bond motifs is 3. The van der Waals surface area contributed by atoms with E-state index in [9.17, 15) is 9.59 Å². The number of nitrogens with zero attached hydrogens (tertiary/aromatic N) is 2. The SMILES string of the molecule is O=C(Nc1ccccc1)Nc1ccc(C2CN=C3c4ccccc4NC(=O)N3C2)cc1. The van der Waals surface area contributed by atoms with Crippen LogP contribution in [0.2, 0.25) is 0 Å². The number of aliphatic imine (C=N–C) groups is 1. The Bertz CT molecular complexity index is 1160. The quantitative estimate of drug-likeness (QED) is 0.582. The van der Waals surface area contributed by atoms with Gasteiger partial charge >= 0.3 is 12.1 Å². The van der Waals surface area contributed by atoms with Gasteiger partial charge in [0.25, 0.3) is 0 Å². The fraction of sp³-hybridized carbons (Fsp3) is 0.125. The summed E-state index contributed by atoms with van der Waals surface area (Å²) in [5, 5.41) is 8.56. The molecule has 3 aromatic rings. The Hall–Kier alpha value is -4.13. The molecule has 0 fully saturated rings. The molecule has 154 valence electrons. The normalized spacial score (nSPS) is 17.0. The van der Waals surface area contributed by atoms with Crippen LogP contribution >= 0.6 is 0 Å². The highest BCUT2D eigenvalue weighted by atomic mass is 16.2. The molecular formula is C24H21N5O2. The summed E-state index contributed by atoms with van der Waals surface area (Å²) < 4.78 is 0. The molecule has 7 heteroatoms. The van der Waals surface area contributed by atoms with Crippen molar-refractivity contribution in [2.24, 2.45) is 4.99 Å². The summed E-state index contributed by atoms with van der Waals surface area (Å²) in [6.07, 6.45) is 0. The standard InChI is InChI=1S/C24H21N5O2/c30-23(26-18-6-2-1-3-7-18)27-19-12-10-16(11-13-19)17-14-25-22-20-8-4-5-9-21(20)28-24(31)29(22)15-17/h1-13,17H,14-15H2,(H,28,31)(H2,26,27,30). The van der Waals surface area contributed by atoms with Crippen LogP contribution in [-0.2, 0) is 0 Å². The van der Waals surface area contributed by atoms with Crippen LogP contribution in [0.4, 0.5) is 26.7 Å². The van der Waals surface area contributed by atoms with Gasteiger partial charge in [-0.1, -0.05) is 42.5 Å². The molecule has 1 atom stereocenters. The van der Waals surface area contributed by atoms with E-state index >= 15 is 0 Å². The first-order chi connectivity index (χ1) is 15.2. The number of amidine groups is 1. The summed E-state index contributed by atoms with van der Waals surface area (Å²) in [5.74, 6) is 0.818. The van der Waals surface area contributed by atoms with Gasteiger partial charge in [-0.25, -0.2) is 9.59 Å². The van der Waals surface area contributed by atoms with Crippen molar-refractivity contribution in [1.29, 1.82) is 0 Å². The van der Waals surface area contributed by atoms with Gasteiger partial charge < -0.3 is 16.0 Å². The van der Waals surface area contributed by atoms with E-state index < -0.39 is 0 Å². The molecule has 0 spiro atoms. The average Bonchev–Trinajstić information content (AvgIpc) is 2.80. The molecule has 0 aliphatic carbocycles. The van der Waals surface area contributed by atoms with Crippen molar-refractivity contribution in [3.8, 4) is 0 Å². The number of hydrogen-bond acceptors (Lipinski definition) is 3. The Morgan fingerprint density at radius 3 is 2.35 bits per heavy atom. The first-order valence-corrected chi connectivity index (χ1v) is 10.1. The second-order valence-electron chi connectivity index (χ2n) is 7.51. The zero-order valence-electron chi connectivity index (χ0n) is 16.7. The molecule has 0 aromatic heterocycles. The molecule has 7 nitrogen and oxygen atoms in total. The van der Waals surface area contributed by atoms with E-state index in [1.54, 1.807) is 4.90 Å². The van der Waals surface area contributed by atoms with Crippen LogP contribution in [0.15, 0.2) is 83.9 Å². The van der Waals surface area contributed by atoms with Gasteiger partial charge in [-0.2, -0.15) is 0 Å². The number of hydrogen-bond donors (Lipinski definition) is 3. The maximum Gasteiger partial charge on any atom is 0.327 e. The summed E-state index contributed by atoms with van der Waals surface area (Å²) in [6.45, 7) is 1.16. The van der Waals surface area contributed by atoms with Gasteiger partial charge in [0.1, 0.15) is 5.84 Å². The van der Waals surface area contributed by atoms with Gasteiger partial charge in [-0.3, -0.25) is 9.89 Å². The van der Waals surface area contributed by atoms with Crippen LogP contribution in [0.5, 0.6) is 0 Å². The maximum absolute atomic E-state index is 12.6. The third-order valence-corrected chi connectivity index (χ3v) is 5.45. The number of urea groups is 2. The molecule has 2 aliphatic heterocycles. The number of nitrogens with one attached hydrogen (secondary N) is 3. The Morgan fingerprint density at radius 2 is 1.58 bits per heavy atom. The zero-order valence-corrected chi connectivity index (χ0v) is 16.7. The van der Waals surface area contributed by atoms with E-state index in [0.29, 0.717) is 18.8 Å². The van der Waals surface area contributed by atoms with Crippen LogP contribution < -0.4 is 16.0 Å². The number of anilines is 3. The number of benzene rings is 3. The minimum absolute atomic E-state index is 0.0898. The van der Waals surface area contributed by atoms with Crippen molar-refractivity contribution < 1.29 is 9.59 Å². The van der Waals surface area contributed by atoms with Gasteiger partial charge in [0.15, 0.2) is 0 Å². The van der Waals surface area contributed by atoms with Crippen LogP contribution in [0.1, 0.15) is 17.0 Å². The minimum Gasteiger partial charge on any atom is -0.308 e. The fourth-order valence-electron chi connectivity index (χ4n) is 3.89. The average molecular weight is 411 g/mol. The van der Waals surface area contributed by atoms with E-state index in [4.69, 9.17) is 4.99 Å². The molecule has 0 saturated carbocycles. The highest BCUT2D eigenvalue weighted by Gasteiger charge is 2.33. The minimum atomic E-state index is -0.297. The lowest BCUT2D eigenvalue weighted by atomic mass is 9.95. The molecule has 0 bridgehead atoms. The van der Waals surface area contributed by atoms with Crippen molar-refractivity contribution in [3.63, 3.8) is 0 Å². The Morgan fingerprint density at radius 1 is 0.903 bits per heavy atom. The predicted octanol–water partition coefficient (Wildman–Crippen LogP) is 4.72. The second kappa shape index (κ2) is 7.95. The molecule has 3 N–H and O–H groups in total. The lowest BCUT2D eigenvalue weighted by Crippen LogP contribution is -2.49. The third kappa shape index (κ3) is 3.85. The van der Waals surface area contributed by atoms with Crippen molar-refractivity contribution in [2.75, 3.05) is 29.0 Å². The summed E-state index contributed by atoms with van der Waals surface area (Å²) >= 11 is 0. The number of para-hydroxylation sites is 2. The number of carbonyl (C=O) groups excluding carboxylic acids is 2. The molecule has 2 aliphatic rings. The molecule has 0 radical (unpaired) electrons. The van der Waals surface area contributed by atoms with Crippen LogP contribution in [0.25, 0.3) is 0 Å². The zero-order chi connectivity index (χ0) is 21.2. The summed E-state index contributed by atoms with van der Waals surface area (Å²) in [7, 11) is 0. The highest BCUT2D eigenvalue weighted by Crippen LogP contribution is 2.30. The largest absolute Gasteiger partial charge is 0.327 e. The molecule has 5 rings (SSSR count). The Labute approximate surface area is 179 Å². The van der Waals surface area contributed by atoms with E-state index in [1.165, 1.54) is 0 Å².